The van der Waals surface area contributed by atoms with E-state index in [-0.39, 0.29) is 23.1 Å². The van der Waals surface area contributed by atoms with Crippen LogP contribution in [0.25, 0.3) is 0 Å². The zero-order valence-electron chi connectivity index (χ0n) is 10.8. The second-order valence-electron chi connectivity index (χ2n) is 4.44. The van der Waals surface area contributed by atoms with Crippen molar-refractivity contribution in [2.45, 2.75) is 0 Å². The van der Waals surface area contributed by atoms with Gasteiger partial charge in [-0.25, -0.2) is 0 Å². The fourth-order valence-electron chi connectivity index (χ4n) is 1.99. The summed E-state index contributed by atoms with van der Waals surface area (Å²) in [4.78, 5) is 11.8. The van der Waals surface area contributed by atoms with Crippen molar-refractivity contribution < 1.29 is 15.0 Å². The van der Waals surface area contributed by atoms with Gasteiger partial charge in [-0.05, 0) is 18.2 Å². The molecule has 0 aromatic heterocycles. The lowest BCUT2D eigenvalue weighted by Gasteiger charge is -1.98. The smallest absolute Gasteiger partial charge is 0.276 e. The third-order valence-electron chi connectivity index (χ3n) is 3.01. The van der Waals surface area contributed by atoms with Gasteiger partial charge >= 0.3 is 0 Å². The molecule has 0 saturated carbocycles. The number of amides is 1. The van der Waals surface area contributed by atoms with Crippen molar-refractivity contribution in [3.05, 3.63) is 53.6 Å². The summed E-state index contributed by atoms with van der Waals surface area (Å²) in [6.45, 7) is 0. The third-order valence-corrected chi connectivity index (χ3v) is 3.01. The first-order chi connectivity index (χ1) is 10.1. The number of phenolic OH excluding ortho intramolecular Hbond substituents is 2. The van der Waals surface area contributed by atoms with Crippen LogP contribution in [-0.2, 0) is 4.79 Å². The Balaban J connectivity index is 1.89. The molecule has 6 heteroatoms. The number of rotatable bonds is 2. The normalized spacial score (nSPS) is 15.4. The molecule has 0 fully saturated rings. The molecule has 0 unspecified atom stereocenters. The summed E-state index contributed by atoms with van der Waals surface area (Å²) in [5, 5.41) is 29.2. The lowest BCUT2D eigenvalue weighted by atomic mass is 10.1. The average Bonchev–Trinajstić information content (AvgIpc) is 2.77. The van der Waals surface area contributed by atoms with Crippen LogP contribution in [0.15, 0.2) is 52.7 Å². The molecule has 0 radical (unpaired) electrons. The van der Waals surface area contributed by atoms with Gasteiger partial charge in [0, 0.05) is 17.2 Å². The Hall–Kier alpha value is -3.15. The molecule has 3 N–H and O–H groups in total. The van der Waals surface area contributed by atoms with Crippen molar-refractivity contribution in [1.82, 2.24) is 0 Å². The minimum absolute atomic E-state index is 0.0416. The zero-order chi connectivity index (χ0) is 14.8. The maximum Gasteiger partial charge on any atom is 0.276 e. The number of carbonyl (C=O) groups excluding carboxylic acids is 1. The largest absolute Gasteiger partial charge is 0.508 e. The minimum atomic E-state index is -0.316. The Morgan fingerprint density at radius 2 is 1.90 bits per heavy atom. The minimum Gasteiger partial charge on any atom is -0.508 e. The zero-order valence-corrected chi connectivity index (χ0v) is 10.8. The molecule has 6 nitrogen and oxygen atoms in total. The Morgan fingerprint density at radius 1 is 1.10 bits per heavy atom. The average molecular weight is 281 g/mol. The molecule has 0 atom stereocenters. The number of aromatic hydroxyl groups is 2. The van der Waals surface area contributed by atoms with Gasteiger partial charge in [0.15, 0.2) is 5.71 Å². The van der Waals surface area contributed by atoms with Gasteiger partial charge in [-0.2, -0.15) is 5.10 Å². The monoisotopic (exact) mass is 281 g/mol. The van der Waals surface area contributed by atoms with Crippen LogP contribution in [0.4, 0.5) is 5.69 Å². The number of hydrogen-bond acceptors (Lipinski definition) is 5. The van der Waals surface area contributed by atoms with Crippen molar-refractivity contribution in [2.24, 2.45) is 10.2 Å². The van der Waals surface area contributed by atoms with Crippen LogP contribution in [0, 0.1) is 0 Å². The molecule has 0 saturated heterocycles. The number of fused-ring (bicyclic) bond motifs is 1. The summed E-state index contributed by atoms with van der Waals surface area (Å²) in [6.07, 6.45) is 1.32. The number of nitrogens with zero attached hydrogens (tertiary/aromatic N) is 2. The van der Waals surface area contributed by atoms with Crippen molar-refractivity contribution in [3.63, 3.8) is 0 Å². The predicted molar refractivity (Wildman–Crippen MR) is 79.0 cm³/mol. The van der Waals surface area contributed by atoms with E-state index in [2.05, 4.69) is 15.5 Å². The van der Waals surface area contributed by atoms with E-state index in [0.717, 1.165) is 0 Å². The van der Waals surface area contributed by atoms with Crippen LogP contribution in [-0.4, -0.2) is 28.0 Å². The van der Waals surface area contributed by atoms with Gasteiger partial charge < -0.3 is 15.5 Å². The van der Waals surface area contributed by atoms with Gasteiger partial charge in [0.2, 0.25) is 0 Å². The van der Waals surface area contributed by atoms with E-state index in [1.807, 2.05) is 12.1 Å². The predicted octanol–water partition coefficient (Wildman–Crippen LogP) is 1.87. The lowest BCUT2D eigenvalue weighted by molar-refractivity contribution is -0.110. The molecule has 1 aliphatic rings. The molecule has 3 rings (SSSR count). The Morgan fingerprint density at radius 3 is 2.71 bits per heavy atom. The standard InChI is InChI=1S/C15H11N3O3/c19-10-6-5-9(13(20)7-10)8-16-18-14-11-3-1-2-4-12(11)17-15(14)21/h1-8,19-20H,(H,17,18,21). The fraction of sp³-hybridized carbons (Fsp3) is 0. The Labute approximate surface area is 120 Å². The first kappa shape index (κ1) is 12.9. The van der Waals surface area contributed by atoms with Crippen LogP contribution in [0.3, 0.4) is 0 Å². The summed E-state index contributed by atoms with van der Waals surface area (Å²) >= 11 is 0. The van der Waals surface area contributed by atoms with Crippen LogP contribution < -0.4 is 5.32 Å². The van der Waals surface area contributed by atoms with E-state index in [9.17, 15) is 15.0 Å². The van der Waals surface area contributed by atoms with Crippen LogP contribution >= 0.6 is 0 Å². The first-order valence-corrected chi connectivity index (χ1v) is 6.19. The van der Waals surface area contributed by atoms with E-state index < -0.39 is 0 Å². The van der Waals surface area contributed by atoms with Crippen LogP contribution in [0.1, 0.15) is 11.1 Å². The molecule has 0 aliphatic carbocycles. The number of hydrogen-bond donors (Lipinski definition) is 3. The van der Waals surface area contributed by atoms with E-state index in [4.69, 9.17) is 0 Å². The number of carbonyl (C=O) groups is 1. The van der Waals surface area contributed by atoms with Gasteiger partial charge in [0.1, 0.15) is 11.5 Å². The highest BCUT2D eigenvalue weighted by molar-refractivity contribution is 6.53. The first-order valence-electron chi connectivity index (χ1n) is 6.19. The van der Waals surface area contributed by atoms with Gasteiger partial charge in [-0.1, -0.05) is 18.2 Å². The van der Waals surface area contributed by atoms with Crippen molar-refractivity contribution in [1.29, 1.82) is 0 Å². The molecule has 1 amide bonds. The molecule has 21 heavy (non-hydrogen) atoms. The molecule has 1 aliphatic heterocycles. The van der Waals surface area contributed by atoms with Gasteiger partial charge in [-0.3, -0.25) is 4.79 Å². The lowest BCUT2D eigenvalue weighted by Crippen LogP contribution is -2.13. The number of para-hydroxylation sites is 1. The molecule has 2 aromatic rings. The molecule has 1 heterocycles. The van der Waals surface area contributed by atoms with E-state index in [1.54, 1.807) is 12.1 Å². The van der Waals surface area contributed by atoms with Crippen molar-refractivity contribution >= 4 is 23.5 Å². The molecular weight excluding hydrogens is 270 g/mol. The van der Waals surface area contributed by atoms with Crippen LogP contribution in [0.2, 0.25) is 0 Å². The van der Waals surface area contributed by atoms with Crippen LogP contribution in [0.5, 0.6) is 11.5 Å². The second-order valence-corrected chi connectivity index (χ2v) is 4.44. The van der Waals surface area contributed by atoms with E-state index in [0.29, 0.717) is 16.8 Å². The molecule has 104 valence electrons. The maximum atomic E-state index is 11.8. The van der Waals surface area contributed by atoms with Gasteiger partial charge in [0.05, 0.1) is 11.9 Å². The Bertz CT molecular complexity index is 781. The third kappa shape index (κ3) is 2.46. The van der Waals surface area contributed by atoms with Crippen molar-refractivity contribution in [2.75, 3.05) is 5.32 Å². The summed E-state index contributed by atoms with van der Waals surface area (Å²) in [6, 6.07) is 11.3. The molecule has 0 spiro atoms. The highest BCUT2D eigenvalue weighted by Crippen LogP contribution is 2.23. The quantitative estimate of drug-likeness (QED) is 0.579. The van der Waals surface area contributed by atoms with E-state index >= 15 is 0 Å². The summed E-state index contributed by atoms with van der Waals surface area (Å²) in [5.41, 5.74) is 2.00. The molecule has 0 bridgehead atoms. The topological polar surface area (TPSA) is 94.3 Å². The number of benzene rings is 2. The summed E-state index contributed by atoms with van der Waals surface area (Å²) in [7, 11) is 0. The number of nitrogens with one attached hydrogen (secondary N) is 1. The summed E-state index contributed by atoms with van der Waals surface area (Å²) < 4.78 is 0. The molecular formula is C15H11N3O3. The van der Waals surface area contributed by atoms with Gasteiger partial charge in [0.25, 0.3) is 5.91 Å². The summed E-state index contributed by atoms with van der Waals surface area (Å²) in [5.74, 6) is -0.474. The number of anilines is 1. The highest BCUT2D eigenvalue weighted by Gasteiger charge is 2.25. The molecule has 2 aromatic carbocycles. The highest BCUT2D eigenvalue weighted by atomic mass is 16.3. The fourth-order valence-corrected chi connectivity index (χ4v) is 1.99. The number of phenols is 2. The van der Waals surface area contributed by atoms with E-state index in [1.165, 1.54) is 24.4 Å². The Kier molecular flexibility index (Phi) is 3.12. The second kappa shape index (κ2) is 5.09. The van der Waals surface area contributed by atoms with Crippen molar-refractivity contribution in [3.8, 4) is 11.5 Å². The SMILES string of the molecule is O=C1Nc2ccccc2C1=NN=Cc1ccc(O)cc1O. The van der Waals surface area contributed by atoms with Gasteiger partial charge in [-0.15, -0.1) is 5.10 Å². The maximum absolute atomic E-state index is 11.8.